The number of ether oxygens (including phenoxy) is 2. The quantitative estimate of drug-likeness (QED) is 0.368. The van der Waals surface area contributed by atoms with E-state index < -0.39 is 26.7 Å². The van der Waals surface area contributed by atoms with Gasteiger partial charge in [-0.1, -0.05) is 0 Å². The van der Waals surface area contributed by atoms with Crippen LogP contribution in [0.5, 0.6) is 0 Å². The summed E-state index contributed by atoms with van der Waals surface area (Å²) in [6.45, 7) is 0. The standard InChI is InChI=1S/C8H11N2O4P.C7H10N2O3.CH2Cl2/c1-12-8(11)7-3-6-4-9-5-10(6)15(13-2)14-7;1-12-7(11)6(10)2-5-3-8-4-9-5;2-1-3/h4-5,7H,3H2,1-2H3;3-4,6,10H,2H2,1H3,(H,8,9);1H2/t7-,15?;6-;/m00./s1. The Kier molecular flexibility index (Phi) is 12.5. The summed E-state index contributed by atoms with van der Waals surface area (Å²) in [5.41, 5.74) is 1.62. The number of nitrogens with zero attached hydrogens (tertiary/aromatic N) is 3. The first-order valence-electron chi connectivity index (χ1n) is 8.37. The van der Waals surface area contributed by atoms with Crippen molar-refractivity contribution in [3.8, 4) is 0 Å². The second-order valence-corrected chi connectivity index (χ2v) is 7.68. The molecule has 0 amide bonds. The lowest BCUT2D eigenvalue weighted by Gasteiger charge is -2.27. The molecule has 2 N–H and O–H groups in total. The van der Waals surface area contributed by atoms with Crippen LogP contribution in [0.1, 0.15) is 11.4 Å². The number of aliphatic hydroxyl groups excluding tert-OH is 1. The zero-order chi connectivity index (χ0) is 22.5. The van der Waals surface area contributed by atoms with Gasteiger partial charge in [-0.25, -0.2) is 19.6 Å². The van der Waals surface area contributed by atoms with E-state index in [0.29, 0.717) is 12.1 Å². The van der Waals surface area contributed by atoms with Crippen LogP contribution >= 0.6 is 31.7 Å². The fourth-order valence-corrected chi connectivity index (χ4v) is 3.44. The smallest absolute Gasteiger partial charge is 0.335 e. The molecule has 0 radical (unpaired) electrons. The Bertz CT molecular complexity index is 763. The van der Waals surface area contributed by atoms with Crippen LogP contribution in [0.2, 0.25) is 0 Å². The lowest BCUT2D eigenvalue weighted by Crippen LogP contribution is -2.31. The average molecular weight is 485 g/mol. The molecule has 30 heavy (non-hydrogen) atoms. The molecule has 0 saturated heterocycles. The molecule has 0 aromatic carbocycles. The van der Waals surface area contributed by atoms with Gasteiger partial charge in [0.15, 0.2) is 12.2 Å². The summed E-state index contributed by atoms with van der Waals surface area (Å²) >= 11 is 9.53. The van der Waals surface area contributed by atoms with Crippen LogP contribution in [0.3, 0.4) is 0 Å². The molecular weight excluding hydrogens is 462 g/mol. The number of hydrogen-bond acceptors (Lipinski definition) is 9. The molecule has 0 saturated carbocycles. The number of rotatable bonds is 5. The fraction of sp³-hybridized carbons (Fsp3) is 0.500. The van der Waals surface area contributed by atoms with Gasteiger partial charge in [-0.05, 0) is 0 Å². The molecule has 3 rings (SSSR count). The molecule has 2 aromatic heterocycles. The predicted molar refractivity (Wildman–Crippen MR) is 109 cm³/mol. The third kappa shape index (κ3) is 8.17. The van der Waals surface area contributed by atoms with Crippen LogP contribution < -0.4 is 0 Å². The van der Waals surface area contributed by atoms with Gasteiger partial charge in [0.2, 0.25) is 0 Å². The number of hydrogen-bond donors (Lipinski definition) is 2. The summed E-state index contributed by atoms with van der Waals surface area (Å²) in [5, 5.41) is 9.36. The maximum atomic E-state index is 11.3. The van der Waals surface area contributed by atoms with Crippen molar-refractivity contribution < 1.29 is 33.2 Å². The molecule has 3 atom stereocenters. The van der Waals surface area contributed by atoms with Crippen LogP contribution in [0.25, 0.3) is 0 Å². The number of aromatic nitrogens is 4. The molecule has 0 bridgehead atoms. The Morgan fingerprint density at radius 2 is 2.03 bits per heavy atom. The number of carbonyl (C=O) groups is 2. The Balaban J connectivity index is 0.000000271. The summed E-state index contributed by atoms with van der Waals surface area (Å²) in [7, 11) is 2.84. The number of alkyl halides is 2. The molecule has 1 aliphatic heterocycles. The molecule has 14 heteroatoms. The van der Waals surface area contributed by atoms with Gasteiger partial charge in [0, 0.05) is 43.7 Å². The third-order valence-corrected chi connectivity index (χ3v) is 5.00. The second-order valence-electron chi connectivity index (χ2n) is 5.39. The van der Waals surface area contributed by atoms with Crippen LogP contribution in [0.15, 0.2) is 25.0 Å². The zero-order valence-corrected chi connectivity index (χ0v) is 18.9. The fourth-order valence-electron chi connectivity index (χ4n) is 2.21. The summed E-state index contributed by atoms with van der Waals surface area (Å²) in [6.07, 6.45) is 5.33. The van der Waals surface area contributed by atoms with Gasteiger partial charge in [-0.2, -0.15) is 0 Å². The molecule has 11 nitrogen and oxygen atoms in total. The molecular formula is C16H23Cl2N4O7P. The van der Waals surface area contributed by atoms with Gasteiger partial charge >= 0.3 is 11.9 Å². The van der Waals surface area contributed by atoms with Gasteiger partial charge < -0.3 is 28.6 Å². The van der Waals surface area contributed by atoms with Gasteiger partial charge in [-0.3, -0.25) is 4.34 Å². The minimum absolute atomic E-state index is 0.194. The molecule has 1 unspecified atom stereocenters. The highest BCUT2D eigenvalue weighted by Crippen LogP contribution is 2.45. The molecule has 1 aliphatic rings. The topological polar surface area (TPSA) is 138 Å². The number of H-pyrrole nitrogens is 1. The largest absolute Gasteiger partial charge is 0.467 e. The summed E-state index contributed by atoms with van der Waals surface area (Å²) in [5.74, 6) is -1.02. The highest BCUT2D eigenvalue weighted by Gasteiger charge is 2.33. The minimum atomic E-state index is -1.27. The number of imidazole rings is 2. The van der Waals surface area contributed by atoms with Gasteiger partial charge in [0.25, 0.3) is 8.53 Å². The lowest BCUT2D eigenvalue weighted by molar-refractivity contribution is -0.150. The van der Waals surface area contributed by atoms with E-state index in [4.69, 9.17) is 37.4 Å². The maximum Gasteiger partial charge on any atom is 0.335 e. The van der Waals surface area contributed by atoms with Gasteiger partial charge in [-0.15, -0.1) is 23.2 Å². The molecule has 3 heterocycles. The van der Waals surface area contributed by atoms with Crippen molar-refractivity contribution in [2.75, 3.05) is 26.7 Å². The Labute approximate surface area is 184 Å². The Morgan fingerprint density at radius 1 is 1.33 bits per heavy atom. The summed E-state index contributed by atoms with van der Waals surface area (Å²) < 4.78 is 21.4. The van der Waals surface area contributed by atoms with E-state index in [0.717, 1.165) is 5.69 Å². The van der Waals surface area contributed by atoms with E-state index in [1.165, 1.54) is 27.7 Å². The molecule has 0 spiro atoms. The van der Waals surface area contributed by atoms with Crippen molar-refractivity contribution in [3.05, 3.63) is 36.4 Å². The van der Waals surface area contributed by atoms with Crippen LogP contribution in [-0.4, -0.2) is 75.2 Å². The van der Waals surface area contributed by atoms with E-state index in [1.807, 2.05) is 0 Å². The van der Waals surface area contributed by atoms with Gasteiger partial charge in [0.05, 0.1) is 25.9 Å². The number of carbonyl (C=O) groups excluding carboxylic acids is 2. The minimum Gasteiger partial charge on any atom is -0.467 e. The highest BCUT2D eigenvalue weighted by atomic mass is 35.5. The van der Waals surface area contributed by atoms with Crippen LogP contribution in [0.4, 0.5) is 0 Å². The van der Waals surface area contributed by atoms with Crippen molar-refractivity contribution in [2.45, 2.75) is 25.0 Å². The molecule has 0 fully saturated rings. The first-order chi connectivity index (χ1) is 14.4. The van der Waals surface area contributed by atoms with Crippen molar-refractivity contribution in [2.24, 2.45) is 0 Å². The normalized spacial score (nSPS) is 17.9. The molecule has 168 valence electrons. The number of fused-ring (bicyclic) bond motifs is 1. The average Bonchev–Trinajstić information content (AvgIpc) is 3.44. The predicted octanol–water partition coefficient (Wildman–Crippen LogP) is 1.63. The zero-order valence-electron chi connectivity index (χ0n) is 16.5. The monoisotopic (exact) mass is 484 g/mol. The Morgan fingerprint density at radius 3 is 2.57 bits per heavy atom. The molecule has 0 aliphatic carbocycles. The maximum absolute atomic E-state index is 11.3. The van der Waals surface area contributed by atoms with Crippen molar-refractivity contribution in [1.29, 1.82) is 0 Å². The number of aliphatic hydroxyl groups is 1. The van der Waals surface area contributed by atoms with E-state index in [1.54, 1.807) is 23.1 Å². The SMILES string of the molecule is COC(=O)[C@@H](O)Cc1cnc[nH]1.COC(=O)[C@@H]1Cc2cncn2P(OC)O1.ClCCl. The third-order valence-electron chi connectivity index (χ3n) is 3.54. The van der Waals surface area contributed by atoms with E-state index in [9.17, 15) is 9.59 Å². The number of nitrogens with one attached hydrogen (secondary N) is 1. The number of esters is 2. The molecule has 2 aromatic rings. The van der Waals surface area contributed by atoms with E-state index in [-0.39, 0.29) is 17.7 Å². The second kappa shape index (κ2) is 14.3. The van der Waals surface area contributed by atoms with Crippen molar-refractivity contribution >= 4 is 43.7 Å². The first kappa shape index (κ1) is 26.3. The highest BCUT2D eigenvalue weighted by molar-refractivity contribution is 7.45. The van der Waals surface area contributed by atoms with Crippen LogP contribution in [-0.2, 0) is 41.0 Å². The number of methoxy groups -OCH3 is 2. The van der Waals surface area contributed by atoms with Gasteiger partial charge in [0.1, 0.15) is 6.33 Å². The number of halogens is 2. The number of aromatic amines is 1. The summed E-state index contributed by atoms with van der Waals surface area (Å²) in [6, 6.07) is 0. The van der Waals surface area contributed by atoms with E-state index >= 15 is 0 Å². The lowest BCUT2D eigenvalue weighted by atomic mass is 10.2. The van der Waals surface area contributed by atoms with Crippen molar-refractivity contribution in [3.63, 3.8) is 0 Å². The van der Waals surface area contributed by atoms with Crippen molar-refractivity contribution in [1.82, 2.24) is 19.3 Å². The first-order valence-corrected chi connectivity index (χ1v) is 10.6. The van der Waals surface area contributed by atoms with Crippen LogP contribution in [0, 0.1) is 0 Å². The van der Waals surface area contributed by atoms with E-state index in [2.05, 4.69) is 24.4 Å². The Hall–Kier alpha value is -1.75. The summed E-state index contributed by atoms with van der Waals surface area (Å²) in [4.78, 5) is 32.6.